The van der Waals surface area contributed by atoms with E-state index in [9.17, 15) is 48.3 Å². The molecule has 7 amide bonds. The number of nitrogens with zero attached hydrogens (tertiary/aromatic N) is 2. The van der Waals surface area contributed by atoms with Crippen LogP contribution in [0.3, 0.4) is 0 Å². The summed E-state index contributed by atoms with van der Waals surface area (Å²) in [6.45, 7) is 13.5. The second kappa shape index (κ2) is 34.2. The number of amides is 7. The third-order valence-corrected chi connectivity index (χ3v) is 16.3. The van der Waals surface area contributed by atoms with E-state index < -0.39 is 66.0 Å². The fourth-order valence-electron chi connectivity index (χ4n) is 10.7. The second-order valence-electron chi connectivity index (χ2n) is 23.1. The molecule has 0 saturated carbocycles. The van der Waals surface area contributed by atoms with Crippen molar-refractivity contribution in [3.05, 3.63) is 65.8 Å². The number of rotatable bonds is 31. The molecule has 4 heterocycles. The van der Waals surface area contributed by atoms with Gasteiger partial charge in [0.15, 0.2) is 5.78 Å². The average molecular weight is 1240 g/mol. The molecule has 23 heteroatoms. The van der Waals surface area contributed by atoms with Gasteiger partial charge in [-0.25, -0.2) is 19.6 Å². The Labute approximate surface area is 502 Å². The van der Waals surface area contributed by atoms with E-state index in [1.54, 1.807) is 37.3 Å². The molecule has 4 saturated heterocycles. The Balaban J connectivity index is 1.10. The van der Waals surface area contributed by atoms with Crippen molar-refractivity contribution < 1.29 is 71.9 Å². The molecular weight excluding hydrogens is 1150 g/mol. The number of alkyl halides is 1. The summed E-state index contributed by atoms with van der Waals surface area (Å²) in [5.41, 5.74) is 6.35. The van der Waals surface area contributed by atoms with Gasteiger partial charge in [0.05, 0.1) is 48.8 Å². The monoisotopic (exact) mass is 1240 g/mol. The molecule has 4 aliphatic heterocycles. The number of primary amides is 1. The number of hydrogen-bond acceptors (Lipinski definition) is 15. The zero-order valence-corrected chi connectivity index (χ0v) is 51.5. The molecule has 84 heavy (non-hydrogen) atoms. The Hall–Kier alpha value is -6.01. The minimum Gasteiger partial charge on any atom is -0.459 e. The number of urea groups is 1. The molecule has 4 aliphatic rings. The molecule has 11 atom stereocenters. The van der Waals surface area contributed by atoms with E-state index in [-0.39, 0.29) is 105 Å². The summed E-state index contributed by atoms with van der Waals surface area (Å²) in [5, 5.41) is 25.7. The molecule has 1 aromatic carbocycles. The fraction of sp³-hybridized carbons (Fsp3) is 0.656. The van der Waals surface area contributed by atoms with Gasteiger partial charge in [-0.2, -0.15) is 0 Å². The second-order valence-corrected chi connectivity index (χ2v) is 23.7. The highest BCUT2D eigenvalue weighted by molar-refractivity contribution is 9.09. The first kappa shape index (κ1) is 68.8. The molecular formula is C61H90BrN7O15. The lowest BCUT2D eigenvalue weighted by Crippen LogP contribution is -2.55. The van der Waals surface area contributed by atoms with Crippen LogP contribution in [0.2, 0.25) is 0 Å². The van der Waals surface area contributed by atoms with E-state index in [0.29, 0.717) is 81.1 Å². The average Bonchev–Trinajstić information content (AvgIpc) is 2.92. The van der Waals surface area contributed by atoms with E-state index in [4.69, 9.17) is 29.4 Å². The lowest BCUT2D eigenvalue weighted by molar-refractivity contribution is -0.163. The van der Waals surface area contributed by atoms with Crippen LogP contribution in [0.1, 0.15) is 150 Å². The molecule has 0 unspecified atom stereocenters. The summed E-state index contributed by atoms with van der Waals surface area (Å²) in [4.78, 5) is 115. The van der Waals surface area contributed by atoms with Crippen molar-refractivity contribution in [3.8, 4) is 0 Å². The summed E-state index contributed by atoms with van der Waals surface area (Å²) >= 11 is 3.17. The van der Waals surface area contributed by atoms with Gasteiger partial charge in [0, 0.05) is 69.9 Å². The highest BCUT2D eigenvalue weighted by Gasteiger charge is 2.58. The number of carbonyl (C=O) groups is 9. The molecule has 22 nitrogen and oxygen atoms in total. The van der Waals surface area contributed by atoms with Crippen LogP contribution in [0.5, 0.6) is 0 Å². The number of allylic oxidation sites excluding steroid dienone is 2. The lowest BCUT2D eigenvalue weighted by Gasteiger charge is -2.40. The van der Waals surface area contributed by atoms with E-state index in [1.807, 2.05) is 33.8 Å². The SMILES string of the molecule is CC(=O)O[C@@H](C)/C=C\C(=O)N[C@@H]1C[C@H](C)[C@H](C/C=C(C)/C=C/[C@H]2O[C@H](CC(=O)N3CCCCN3C(=O)OCc3ccc(NC(=O)[C@H](CCCNC(N)=O)CC(=O)[C@@H](NC(=O)CCCCCCC(=O)CBr)C(C)C)cc3)C[C@@]3(CO3)[C@@H]2O)O[C@@H]1C. The van der Waals surface area contributed by atoms with Crippen molar-refractivity contribution in [2.45, 2.75) is 206 Å². The van der Waals surface area contributed by atoms with Gasteiger partial charge in [0.25, 0.3) is 0 Å². The molecule has 1 spiro atoms. The number of halogens is 1. The van der Waals surface area contributed by atoms with Crippen molar-refractivity contribution >= 4 is 74.9 Å². The predicted octanol–water partition coefficient (Wildman–Crippen LogP) is 6.95. The number of benzene rings is 1. The van der Waals surface area contributed by atoms with Gasteiger partial charge in [0.2, 0.25) is 23.6 Å². The number of unbranched alkanes of at least 4 members (excludes halogenated alkanes) is 3. The van der Waals surface area contributed by atoms with Gasteiger partial charge in [0.1, 0.15) is 36.3 Å². The molecule has 4 fully saturated rings. The van der Waals surface area contributed by atoms with Gasteiger partial charge < -0.3 is 55.8 Å². The number of hydrazine groups is 1. The Morgan fingerprint density at radius 1 is 0.917 bits per heavy atom. The summed E-state index contributed by atoms with van der Waals surface area (Å²) in [6.07, 6.45) is 11.7. The summed E-state index contributed by atoms with van der Waals surface area (Å²) in [7, 11) is 0. The van der Waals surface area contributed by atoms with Crippen LogP contribution >= 0.6 is 15.9 Å². The predicted molar refractivity (Wildman–Crippen MR) is 317 cm³/mol. The molecule has 466 valence electrons. The van der Waals surface area contributed by atoms with Crippen LogP contribution in [-0.4, -0.2) is 154 Å². The third kappa shape index (κ3) is 22.8. The number of ether oxygens (including phenoxy) is 5. The maximum Gasteiger partial charge on any atom is 0.429 e. The maximum atomic E-state index is 14.0. The molecule has 5 rings (SSSR count). The van der Waals surface area contributed by atoms with E-state index in [2.05, 4.69) is 50.2 Å². The number of aliphatic hydroxyl groups excluding tert-OH is 1. The third-order valence-electron chi connectivity index (χ3n) is 15.6. The zero-order valence-electron chi connectivity index (χ0n) is 49.9. The number of carbonyl (C=O) groups excluding carboxylic acids is 9. The first-order valence-corrected chi connectivity index (χ1v) is 30.8. The number of nitrogens with two attached hydrogens (primary N) is 1. The van der Waals surface area contributed by atoms with E-state index in [1.165, 1.54) is 29.1 Å². The zero-order chi connectivity index (χ0) is 61.5. The molecule has 7 N–H and O–H groups in total. The topological polar surface area (TPSA) is 304 Å². The smallest absolute Gasteiger partial charge is 0.429 e. The Bertz CT molecular complexity index is 2500. The van der Waals surface area contributed by atoms with Crippen LogP contribution in [0.15, 0.2) is 60.2 Å². The van der Waals surface area contributed by atoms with Crippen LogP contribution in [0, 0.1) is 17.8 Å². The number of aliphatic hydroxyl groups is 1. The van der Waals surface area contributed by atoms with Gasteiger partial charge >= 0.3 is 18.1 Å². The molecule has 0 radical (unpaired) electrons. The summed E-state index contributed by atoms with van der Waals surface area (Å²) in [6, 6.07) is 4.94. The standard InChI is InChI=1S/C61H90BrN7O15/c1-38(2)56(67-53(73)17-11-9-8-10-16-47(71)35-62)50(72)32-45(15-14-28-64-59(63)78)58(77)65-46-23-21-44(22-24-46)36-80-60(79)69-30-13-12-29-68(69)55(75)33-48-34-61(37-81-61)57(76)52(84-48)26-19-39(3)18-25-51-40(4)31-49(42(6)83-51)66-54(74)27-20-41(5)82-43(7)70/h18-24,26-27,38,40-42,45,48-49,51-52,56-57,76H,8-17,25,28-37H2,1-7H3,(H,65,77)(H,66,74)(H,67,73)(H3,63,64,78)/b26-19+,27-20-,39-18+/t40-,41-,42+,45+,48+,49+,51-,52+,56-,57+,61+/m0/s1. The molecule has 0 bridgehead atoms. The van der Waals surface area contributed by atoms with Crippen molar-refractivity contribution in [2.75, 3.05) is 36.9 Å². The summed E-state index contributed by atoms with van der Waals surface area (Å²) in [5.74, 6) is -2.81. The number of Topliss-reactive ketones (excluding diaryl/α,β-unsaturated/α-hetero) is 2. The summed E-state index contributed by atoms with van der Waals surface area (Å²) < 4.78 is 29.3. The normalized spacial score (nSPS) is 24.5. The van der Waals surface area contributed by atoms with Crippen LogP contribution < -0.4 is 27.0 Å². The Morgan fingerprint density at radius 3 is 2.26 bits per heavy atom. The van der Waals surface area contributed by atoms with E-state index in [0.717, 1.165) is 24.8 Å². The molecule has 0 aromatic heterocycles. The number of epoxide rings is 1. The maximum absolute atomic E-state index is 14.0. The number of esters is 1. The van der Waals surface area contributed by atoms with E-state index >= 15 is 0 Å². The van der Waals surface area contributed by atoms with Crippen molar-refractivity contribution in [3.63, 3.8) is 0 Å². The minimum absolute atomic E-state index is 0.0626. The number of hydrogen-bond donors (Lipinski definition) is 6. The highest BCUT2D eigenvalue weighted by Crippen LogP contribution is 2.44. The molecule has 0 aliphatic carbocycles. The Kier molecular flexibility index (Phi) is 28.0. The lowest BCUT2D eigenvalue weighted by atomic mass is 9.87. The first-order chi connectivity index (χ1) is 40.0. The van der Waals surface area contributed by atoms with Gasteiger partial charge in [-0.1, -0.05) is 85.5 Å². The van der Waals surface area contributed by atoms with Crippen molar-refractivity contribution in [2.24, 2.45) is 23.5 Å². The fourth-order valence-corrected chi connectivity index (χ4v) is 11.0. The van der Waals surface area contributed by atoms with Gasteiger partial charge in [-0.15, -0.1) is 0 Å². The van der Waals surface area contributed by atoms with Crippen LogP contribution in [0.25, 0.3) is 0 Å². The number of nitrogens with one attached hydrogen (secondary N) is 4. The molecule has 1 aromatic rings. The van der Waals surface area contributed by atoms with Gasteiger partial charge in [-0.05, 0) is 108 Å². The highest BCUT2D eigenvalue weighted by atomic mass is 79.9. The number of anilines is 1. The van der Waals surface area contributed by atoms with Crippen LogP contribution in [-0.2, 0) is 63.9 Å². The van der Waals surface area contributed by atoms with Crippen molar-refractivity contribution in [1.29, 1.82) is 0 Å². The quantitative estimate of drug-likeness (QED) is 0.0109. The first-order valence-electron chi connectivity index (χ1n) is 29.7. The van der Waals surface area contributed by atoms with Gasteiger partial charge in [-0.3, -0.25) is 33.6 Å². The van der Waals surface area contributed by atoms with Crippen LogP contribution in [0.4, 0.5) is 15.3 Å². The largest absolute Gasteiger partial charge is 0.459 e. The minimum atomic E-state index is -0.962. The Morgan fingerprint density at radius 2 is 1.61 bits per heavy atom. The van der Waals surface area contributed by atoms with Crippen molar-refractivity contribution in [1.82, 2.24) is 26.0 Å². The number of ketones is 2.